The molecule has 0 bridgehead atoms. The molecular weight excluding hydrogens is 288 g/mol. The highest BCUT2D eigenvalue weighted by atomic mass is 16.6. The standard InChI is InChI=1S/C15H14N2O5/c1-2-22-15(19)10-6-12(8-13(7-10)17(20)21)16-11-4-3-5-14(18)9-11/h3-9,16,18H,2H2,1H3. The molecule has 0 unspecified atom stereocenters. The van der Waals surface area contributed by atoms with Gasteiger partial charge >= 0.3 is 5.97 Å². The Hall–Kier alpha value is -3.09. The molecule has 7 heteroatoms. The predicted molar refractivity (Wildman–Crippen MR) is 80.4 cm³/mol. The van der Waals surface area contributed by atoms with Gasteiger partial charge in [-0.05, 0) is 25.1 Å². The van der Waals surface area contributed by atoms with Crippen molar-refractivity contribution in [2.24, 2.45) is 0 Å². The number of hydrogen-bond acceptors (Lipinski definition) is 6. The molecule has 0 aliphatic carbocycles. The van der Waals surface area contributed by atoms with E-state index in [9.17, 15) is 20.0 Å². The average Bonchev–Trinajstić information content (AvgIpc) is 2.47. The zero-order valence-electron chi connectivity index (χ0n) is 11.8. The minimum atomic E-state index is -0.634. The van der Waals surface area contributed by atoms with Crippen LogP contribution in [-0.2, 0) is 4.74 Å². The first-order chi connectivity index (χ1) is 10.5. The molecule has 0 heterocycles. The fourth-order valence-corrected chi connectivity index (χ4v) is 1.87. The van der Waals surface area contributed by atoms with Crippen LogP contribution >= 0.6 is 0 Å². The van der Waals surface area contributed by atoms with Gasteiger partial charge in [0.15, 0.2) is 0 Å². The van der Waals surface area contributed by atoms with Crippen LogP contribution in [0.4, 0.5) is 17.1 Å². The molecule has 0 aliphatic rings. The van der Waals surface area contributed by atoms with Gasteiger partial charge in [-0.3, -0.25) is 10.1 Å². The number of benzene rings is 2. The van der Waals surface area contributed by atoms with E-state index in [0.29, 0.717) is 11.4 Å². The molecule has 0 atom stereocenters. The van der Waals surface area contributed by atoms with Crippen LogP contribution in [0, 0.1) is 10.1 Å². The number of nitro groups is 1. The zero-order chi connectivity index (χ0) is 16.1. The third kappa shape index (κ3) is 3.72. The second kappa shape index (κ2) is 6.57. The molecule has 2 rings (SSSR count). The summed E-state index contributed by atoms with van der Waals surface area (Å²) in [6.45, 7) is 1.83. The molecule has 0 fully saturated rings. The van der Waals surface area contributed by atoms with Gasteiger partial charge in [-0.2, -0.15) is 0 Å². The first-order valence-corrected chi connectivity index (χ1v) is 6.52. The van der Waals surface area contributed by atoms with Crippen LogP contribution in [-0.4, -0.2) is 22.6 Å². The maximum atomic E-state index is 11.8. The molecule has 0 aromatic heterocycles. The smallest absolute Gasteiger partial charge is 0.338 e. The normalized spacial score (nSPS) is 10.0. The summed E-state index contributed by atoms with van der Waals surface area (Å²) in [5, 5.41) is 23.3. The number of hydrogen-bond donors (Lipinski definition) is 2. The molecule has 114 valence electrons. The minimum absolute atomic E-state index is 0.0565. The van der Waals surface area contributed by atoms with E-state index in [-0.39, 0.29) is 23.6 Å². The topological polar surface area (TPSA) is 102 Å². The Morgan fingerprint density at radius 3 is 2.68 bits per heavy atom. The molecule has 2 N–H and O–H groups in total. The number of non-ortho nitro benzene ring substituents is 1. The predicted octanol–water partition coefficient (Wildman–Crippen LogP) is 3.22. The largest absolute Gasteiger partial charge is 0.508 e. The first-order valence-electron chi connectivity index (χ1n) is 6.52. The third-order valence-electron chi connectivity index (χ3n) is 2.77. The van der Waals surface area contributed by atoms with Crippen molar-refractivity contribution in [3.05, 3.63) is 58.1 Å². The maximum absolute atomic E-state index is 11.8. The fourth-order valence-electron chi connectivity index (χ4n) is 1.87. The SMILES string of the molecule is CCOC(=O)c1cc(Nc2cccc(O)c2)cc([N+](=O)[O-])c1. The van der Waals surface area contributed by atoms with E-state index in [1.54, 1.807) is 19.1 Å². The highest BCUT2D eigenvalue weighted by molar-refractivity contribution is 5.92. The number of phenols is 1. The summed E-state index contributed by atoms with van der Waals surface area (Å²) in [6.07, 6.45) is 0. The van der Waals surface area contributed by atoms with Crippen molar-refractivity contribution in [2.75, 3.05) is 11.9 Å². The Bertz CT molecular complexity index is 715. The van der Waals surface area contributed by atoms with Crippen molar-refractivity contribution in [3.8, 4) is 5.75 Å². The lowest BCUT2D eigenvalue weighted by molar-refractivity contribution is -0.384. The lowest BCUT2D eigenvalue weighted by Crippen LogP contribution is -2.06. The second-order valence-electron chi connectivity index (χ2n) is 4.42. The molecule has 0 saturated carbocycles. The summed E-state index contributed by atoms with van der Waals surface area (Å²) in [5.74, 6) is -0.578. The molecule has 7 nitrogen and oxygen atoms in total. The van der Waals surface area contributed by atoms with E-state index >= 15 is 0 Å². The highest BCUT2D eigenvalue weighted by Crippen LogP contribution is 2.26. The van der Waals surface area contributed by atoms with Crippen molar-refractivity contribution < 1.29 is 19.6 Å². The number of aromatic hydroxyl groups is 1. The number of ether oxygens (including phenoxy) is 1. The van der Waals surface area contributed by atoms with E-state index in [1.165, 1.54) is 24.3 Å². The number of carbonyl (C=O) groups excluding carboxylic acids is 1. The minimum Gasteiger partial charge on any atom is -0.508 e. The van der Waals surface area contributed by atoms with Gasteiger partial charge in [0.1, 0.15) is 5.75 Å². The molecule has 0 spiro atoms. The zero-order valence-corrected chi connectivity index (χ0v) is 11.8. The number of nitrogens with zero attached hydrogens (tertiary/aromatic N) is 1. The van der Waals surface area contributed by atoms with E-state index < -0.39 is 10.9 Å². The molecule has 0 radical (unpaired) electrons. The second-order valence-corrected chi connectivity index (χ2v) is 4.42. The van der Waals surface area contributed by atoms with Crippen LogP contribution in [0.2, 0.25) is 0 Å². The summed E-state index contributed by atoms with van der Waals surface area (Å²) >= 11 is 0. The maximum Gasteiger partial charge on any atom is 0.338 e. The highest BCUT2D eigenvalue weighted by Gasteiger charge is 2.15. The van der Waals surface area contributed by atoms with Crippen LogP contribution in [0.25, 0.3) is 0 Å². The van der Waals surface area contributed by atoms with Crippen molar-refractivity contribution in [2.45, 2.75) is 6.92 Å². The molecule has 2 aromatic rings. The van der Waals surface area contributed by atoms with Crippen LogP contribution in [0.1, 0.15) is 17.3 Å². The van der Waals surface area contributed by atoms with Gasteiger partial charge in [-0.15, -0.1) is 0 Å². The van der Waals surface area contributed by atoms with Gasteiger partial charge in [0.05, 0.1) is 17.1 Å². The summed E-state index contributed by atoms with van der Waals surface area (Å²) in [5.41, 5.74) is 0.741. The molecule has 22 heavy (non-hydrogen) atoms. The van der Waals surface area contributed by atoms with Gasteiger partial charge in [0.2, 0.25) is 0 Å². The van der Waals surface area contributed by atoms with Crippen LogP contribution in [0.15, 0.2) is 42.5 Å². The summed E-state index contributed by atoms with van der Waals surface area (Å²) in [6, 6.07) is 10.2. The summed E-state index contributed by atoms with van der Waals surface area (Å²) in [7, 11) is 0. The Labute approximate surface area is 126 Å². The number of phenolic OH excluding ortho intramolecular Hbond substituents is 1. The van der Waals surface area contributed by atoms with E-state index in [0.717, 1.165) is 6.07 Å². The monoisotopic (exact) mass is 302 g/mol. The third-order valence-corrected chi connectivity index (χ3v) is 2.77. The molecule has 0 saturated heterocycles. The van der Waals surface area contributed by atoms with Crippen molar-refractivity contribution in [1.29, 1.82) is 0 Å². The number of anilines is 2. The van der Waals surface area contributed by atoms with Gasteiger partial charge in [0, 0.05) is 29.6 Å². The number of nitro benzene ring substituents is 1. The van der Waals surface area contributed by atoms with Crippen molar-refractivity contribution in [1.82, 2.24) is 0 Å². The van der Waals surface area contributed by atoms with Crippen LogP contribution in [0.3, 0.4) is 0 Å². The summed E-state index contributed by atoms with van der Waals surface area (Å²) < 4.78 is 4.86. The fraction of sp³-hybridized carbons (Fsp3) is 0.133. The number of esters is 1. The Morgan fingerprint density at radius 1 is 1.27 bits per heavy atom. The quantitative estimate of drug-likeness (QED) is 0.499. The van der Waals surface area contributed by atoms with Crippen molar-refractivity contribution >= 4 is 23.0 Å². The lowest BCUT2D eigenvalue weighted by Gasteiger charge is -2.09. The lowest BCUT2D eigenvalue weighted by atomic mass is 10.1. The Morgan fingerprint density at radius 2 is 2.05 bits per heavy atom. The van der Waals surface area contributed by atoms with Crippen molar-refractivity contribution in [3.63, 3.8) is 0 Å². The Kier molecular flexibility index (Phi) is 4.57. The molecule has 0 amide bonds. The van der Waals surface area contributed by atoms with Crippen LogP contribution in [0.5, 0.6) is 5.75 Å². The van der Waals surface area contributed by atoms with Gasteiger partial charge in [0.25, 0.3) is 5.69 Å². The number of nitrogens with one attached hydrogen (secondary N) is 1. The summed E-state index contributed by atoms with van der Waals surface area (Å²) in [4.78, 5) is 22.2. The molecule has 2 aromatic carbocycles. The van der Waals surface area contributed by atoms with E-state index in [4.69, 9.17) is 4.74 Å². The van der Waals surface area contributed by atoms with Gasteiger partial charge in [-0.1, -0.05) is 6.07 Å². The number of rotatable bonds is 5. The molecular formula is C15H14N2O5. The first kappa shape index (κ1) is 15.3. The average molecular weight is 302 g/mol. The Balaban J connectivity index is 2.37. The van der Waals surface area contributed by atoms with Gasteiger partial charge in [-0.25, -0.2) is 4.79 Å². The molecule has 0 aliphatic heterocycles. The van der Waals surface area contributed by atoms with Crippen LogP contribution < -0.4 is 5.32 Å². The van der Waals surface area contributed by atoms with E-state index in [1.807, 2.05) is 0 Å². The van der Waals surface area contributed by atoms with Gasteiger partial charge < -0.3 is 15.2 Å². The van der Waals surface area contributed by atoms with E-state index in [2.05, 4.69) is 5.32 Å². The number of carbonyl (C=O) groups is 1.